The molecule has 10 heteroatoms. The zero-order valence-corrected chi connectivity index (χ0v) is 20.0. The monoisotopic (exact) mass is 502 g/mol. The van der Waals surface area contributed by atoms with Gasteiger partial charge in [0.1, 0.15) is 42.6 Å². The minimum Gasteiger partial charge on any atom is -0.489 e. The Morgan fingerprint density at radius 1 is 1.06 bits per heavy atom. The average molecular weight is 503 g/mol. The minimum atomic E-state index is -1.56. The van der Waals surface area contributed by atoms with Gasteiger partial charge in [-0.15, -0.1) is 5.10 Å². The van der Waals surface area contributed by atoms with Crippen LogP contribution >= 0.6 is 0 Å². The number of ether oxygens (including phenoxy) is 3. The fourth-order valence-corrected chi connectivity index (χ4v) is 4.15. The van der Waals surface area contributed by atoms with Gasteiger partial charge in [-0.25, -0.2) is 4.39 Å². The van der Waals surface area contributed by atoms with E-state index in [0.717, 1.165) is 11.3 Å². The van der Waals surface area contributed by atoms with Crippen molar-refractivity contribution in [3.63, 3.8) is 0 Å². The molecule has 36 heavy (non-hydrogen) atoms. The standard InChI is InChI=1S/C26H31FN2O7/c1-14(2)21-18(25(29-28-21)36-26-24(33)23(32)22(31)20(12-30)35-26)11-16-7-3-4-9-19(16)34-13-15-6-5-8-17(27)10-15/h3-10,14,20,22-24,26,30-33H,11-13H2,1-2H3,(H,28,29)/t20-,22-,23+,24-,26+/m1/s1. The normalized spacial score (nSPS) is 24.2. The predicted octanol–water partition coefficient (Wildman–Crippen LogP) is 2.02. The Morgan fingerprint density at radius 3 is 2.56 bits per heavy atom. The smallest absolute Gasteiger partial charge is 0.238 e. The van der Waals surface area contributed by atoms with Crippen molar-refractivity contribution in [1.29, 1.82) is 0 Å². The molecule has 4 rings (SSSR count). The maximum Gasteiger partial charge on any atom is 0.238 e. The van der Waals surface area contributed by atoms with Crippen LogP contribution in [0.5, 0.6) is 11.6 Å². The molecule has 194 valence electrons. The molecule has 3 aromatic rings. The van der Waals surface area contributed by atoms with Gasteiger partial charge >= 0.3 is 0 Å². The molecule has 0 spiro atoms. The number of aliphatic hydroxyl groups excluding tert-OH is 4. The van der Waals surface area contributed by atoms with Gasteiger partial charge in [0.15, 0.2) is 0 Å². The van der Waals surface area contributed by atoms with E-state index in [9.17, 15) is 24.8 Å². The summed E-state index contributed by atoms with van der Waals surface area (Å²) in [5.41, 5.74) is 3.02. The van der Waals surface area contributed by atoms with Crippen molar-refractivity contribution >= 4 is 0 Å². The molecule has 0 saturated carbocycles. The highest BCUT2D eigenvalue weighted by atomic mass is 19.1. The van der Waals surface area contributed by atoms with Gasteiger partial charge in [-0.3, -0.25) is 5.10 Å². The number of halogens is 1. The maximum absolute atomic E-state index is 13.5. The van der Waals surface area contributed by atoms with E-state index in [1.807, 2.05) is 38.1 Å². The Bertz CT molecular complexity index is 1150. The molecule has 0 amide bonds. The number of nitrogens with zero attached hydrogens (tertiary/aromatic N) is 1. The average Bonchev–Trinajstić information content (AvgIpc) is 3.26. The molecule has 0 radical (unpaired) electrons. The van der Waals surface area contributed by atoms with E-state index in [1.165, 1.54) is 12.1 Å². The lowest BCUT2D eigenvalue weighted by molar-refractivity contribution is -0.278. The number of aromatic nitrogens is 2. The number of benzene rings is 2. The molecule has 1 aliphatic rings. The highest BCUT2D eigenvalue weighted by Crippen LogP contribution is 2.33. The predicted molar refractivity (Wildman–Crippen MR) is 127 cm³/mol. The highest BCUT2D eigenvalue weighted by molar-refractivity contribution is 5.43. The summed E-state index contributed by atoms with van der Waals surface area (Å²) >= 11 is 0. The van der Waals surface area contributed by atoms with Crippen molar-refractivity contribution < 1.29 is 39.0 Å². The third-order valence-corrected chi connectivity index (χ3v) is 6.14. The van der Waals surface area contributed by atoms with Gasteiger partial charge in [0.05, 0.1) is 6.61 Å². The van der Waals surface area contributed by atoms with E-state index >= 15 is 0 Å². The molecular weight excluding hydrogens is 471 g/mol. The lowest BCUT2D eigenvalue weighted by Gasteiger charge is -2.39. The first-order chi connectivity index (χ1) is 17.3. The molecule has 1 aromatic heterocycles. The quantitative estimate of drug-likeness (QED) is 0.300. The van der Waals surface area contributed by atoms with E-state index in [0.29, 0.717) is 23.3 Å². The number of H-pyrrole nitrogens is 1. The zero-order valence-electron chi connectivity index (χ0n) is 20.0. The van der Waals surface area contributed by atoms with E-state index in [2.05, 4.69) is 10.2 Å². The molecule has 5 N–H and O–H groups in total. The minimum absolute atomic E-state index is 0.0556. The van der Waals surface area contributed by atoms with Crippen LogP contribution in [-0.4, -0.2) is 67.9 Å². The second kappa shape index (κ2) is 11.4. The molecule has 9 nitrogen and oxygen atoms in total. The van der Waals surface area contributed by atoms with Crippen molar-refractivity contribution in [3.8, 4) is 11.6 Å². The molecule has 2 heterocycles. The van der Waals surface area contributed by atoms with Gasteiger partial charge < -0.3 is 34.6 Å². The summed E-state index contributed by atoms with van der Waals surface area (Å²) in [6, 6.07) is 13.6. The van der Waals surface area contributed by atoms with Gasteiger partial charge in [-0.05, 0) is 35.2 Å². The van der Waals surface area contributed by atoms with Gasteiger partial charge in [-0.1, -0.05) is 44.2 Å². The lowest BCUT2D eigenvalue weighted by Crippen LogP contribution is -2.60. The first kappa shape index (κ1) is 26.1. The number of para-hydroxylation sites is 1. The maximum atomic E-state index is 13.5. The van der Waals surface area contributed by atoms with Crippen molar-refractivity contribution in [1.82, 2.24) is 10.2 Å². The third-order valence-electron chi connectivity index (χ3n) is 6.14. The molecule has 1 aliphatic heterocycles. The Labute approximate surface area is 208 Å². The number of aromatic amines is 1. The number of aliphatic hydroxyl groups is 4. The second-order valence-corrected chi connectivity index (χ2v) is 9.09. The second-order valence-electron chi connectivity index (χ2n) is 9.09. The van der Waals surface area contributed by atoms with Crippen LogP contribution in [0.25, 0.3) is 0 Å². The fraction of sp³-hybridized carbons (Fsp3) is 0.423. The summed E-state index contributed by atoms with van der Waals surface area (Å²) in [4.78, 5) is 0. The molecule has 0 aliphatic carbocycles. The topological polar surface area (TPSA) is 137 Å². The van der Waals surface area contributed by atoms with Crippen LogP contribution in [-0.2, 0) is 17.8 Å². The summed E-state index contributed by atoms with van der Waals surface area (Å²) < 4.78 is 30.9. The number of hydrogen-bond donors (Lipinski definition) is 5. The van der Waals surface area contributed by atoms with Crippen LogP contribution in [0.2, 0.25) is 0 Å². The van der Waals surface area contributed by atoms with E-state index < -0.39 is 37.3 Å². The highest BCUT2D eigenvalue weighted by Gasteiger charge is 2.45. The summed E-state index contributed by atoms with van der Waals surface area (Å²) in [7, 11) is 0. The van der Waals surface area contributed by atoms with Crippen LogP contribution in [0.3, 0.4) is 0 Å². The van der Waals surface area contributed by atoms with Crippen molar-refractivity contribution in [3.05, 3.63) is 76.7 Å². The van der Waals surface area contributed by atoms with E-state index in [-0.39, 0.29) is 24.2 Å². The molecule has 1 saturated heterocycles. The Balaban J connectivity index is 1.57. The van der Waals surface area contributed by atoms with E-state index in [4.69, 9.17) is 14.2 Å². The Hall–Kier alpha value is -3.02. The van der Waals surface area contributed by atoms with Crippen LogP contribution in [0, 0.1) is 5.82 Å². The largest absolute Gasteiger partial charge is 0.489 e. The first-order valence-electron chi connectivity index (χ1n) is 11.8. The van der Waals surface area contributed by atoms with Gasteiger partial charge in [0.2, 0.25) is 12.2 Å². The number of nitrogens with one attached hydrogen (secondary N) is 1. The molecule has 0 bridgehead atoms. The zero-order chi connectivity index (χ0) is 25.8. The molecule has 5 atom stereocenters. The summed E-state index contributed by atoms with van der Waals surface area (Å²) in [5.74, 6) is 0.485. The molecular formula is C26H31FN2O7. The fourth-order valence-electron chi connectivity index (χ4n) is 4.15. The molecule has 0 unspecified atom stereocenters. The lowest BCUT2D eigenvalue weighted by atomic mass is 9.98. The van der Waals surface area contributed by atoms with Gasteiger partial charge in [0.25, 0.3) is 0 Å². The summed E-state index contributed by atoms with van der Waals surface area (Å²) in [6.45, 7) is 3.60. The van der Waals surface area contributed by atoms with Crippen molar-refractivity contribution in [2.45, 2.75) is 63.5 Å². The molecule has 2 aromatic carbocycles. The third kappa shape index (κ3) is 5.69. The van der Waals surface area contributed by atoms with Crippen LogP contribution in [0.1, 0.15) is 42.1 Å². The SMILES string of the molecule is CC(C)c1[nH]nc(O[C@@H]2O[C@H](CO)[C@@H](O)[C@H](O)[C@H]2O)c1Cc1ccccc1OCc1cccc(F)c1. The van der Waals surface area contributed by atoms with Crippen LogP contribution in [0.15, 0.2) is 48.5 Å². The van der Waals surface area contributed by atoms with E-state index in [1.54, 1.807) is 12.1 Å². The first-order valence-corrected chi connectivity index (χ1v) is 11.8. The Kier molecular flexibility index (Phi) is 8.22. The summed E-state index contributed by atoms with van der Waals surface area (Å²) in [6.07, 6.45) is -6.71. The van der Waals surface area contributed by atoms with Crippen LogP contribution in [0.4, 0.5) is 4.39 Å². The number of hydrogen-bond acceptors (Lipinski definition) is 8. The Morgan fingerprint density at radius 2 is 1.83 bits per heavy atom. The van der Waals surface area contributed by atoms with Crippen molar-refractivity contribution in [2.75, 3.05) is 6.61 Å². The van der Waals surface area contributed by atoms with Gasteiger partial charge in [-0.2, -0.15) is 0 Å². The van der Waals surface area contributed by atoms with Crippen LogP contribution < -0.4 is 9.47 Å². The number of rotatable bonds is 9. The van der Waals surface area contributed by atoms with Gasteiger partial charge in [0, 0.05) is 17.7 Å². The van der Waals surface area contributed by atoms with Crippen molar-refractivity contribution in [2.24, 2.45) is 0 Å². The molecule has 1 fully saturated rings. The summed E-state index contributed by atoms with van der Waals surface area (Å²) in [5, 5.41) is 47.2.